The molecular formula is C21H20O2. The maximum Gasteiger partial charge on any atom is 0.328 e. The molecule has 2 aromatic rings. The van der Waals surface area contributed by atoms with E-state index in [2.05, 4.69) is 44.7 Å². The summed E-state index contributed by atoms with van der Waals surface area (Å²) < 4.78 is 0. The second-order valence-electron chi connectivity index (χ2n) is 6.37. The number of carboxylic acids is 1. The van der Waals surface area contributed by atoms with E-state index in [4.69, 9.17) is 5.11 Å². The Labute approximate surface area is 137 Å². The van der Waals surface area contributed by atoms with Crippen LogP contribution in [0.3, 0.4) is 0 Å². The highest BCUT2D eigenvalue weighted by Crippen LogP contribution is 2.22. The summed E-state index contributed by atoms with van der Waals surface area (Å²) in [6, 6.07) is 15.8. The number of rotatable bonds is 2. The van der Waals surface area contributed by atoms with Gasteiger partial charge in [-0.15, -0.1) is 0 Å². The van der Waals surface area contributed by atoms with Crippen molar-refractivity contribution in [3.05, 3.63) is 76.9 Å². The molecule has 0 aliphatic heterocycles. The maximum absolute atomic E-state index is 10.5. The minimum atomic E-state index is -0.951. The summed E-state index contributed by atoms with van der Waals surface area (Å²) in [5, 5.41) is 8.61. The van der Waals surface area contributed by atoms with E-state index < -0.39 is 5.97 Å². The number of benzene rings is 2. The Morgan fingerprint density at radius 2 is 1.65 bits per heavy atom. The normalized spacial score (nSPS) is 11.1. The van der Waals surface area contributed by atoms with E-state index in [0.29, 0.717) is 0 Å². The fourth-order valence-corrected chi connectivity index (χ4v) is 2.05. The summed E-state index contributed by atoms with van der Waals surface area (Å²) in [4.78, 5) is 10.5. The van der Waals surface area contributed by atoms with Crippen molar-refractivity contribution in [1.29, 1.82) is 0 Å². The van der Waals surface area contributed by atoms with Gasteiger partial charge in [0.15, 0.2) is 0 Å². The van der Waals surface area contributed by atoms with Crippen LogP contribution in [0.25, 0.3) is 6.08 Å². The first kappa shape index (κ1) is 16.6. The molecular weight excluding hydrogens is 284 g/mol. The van der Waals surface area contributed by atoms with Crippen LogP contribution in [0.5, 0.6) is 0 Å². The number of aliphatic carboxylic acids is 1. The smallest absolute Gasteiger partial charge is 0.328 e. The number of hydrogen-bond donors (Lipinski definition) is 1. The molecule has 0 unspecified atom stereocenters. The lowest BCUT2D eigenvalue weighted by Crippen LogP contribution is -2.10. The van der Waals surface area contributed by atoms with Crippen molar-refractivity contribution in [3.63, 3.8) is 0 Å². The summed E-state index contributed by atoms with van der Waals surface area (Å²) in [6.45, 7) is 6.55. The predicted octanol–water partition coefficient (Wildman–Crippen LogP) is 4.48. The van der Waals surface area contributed by atoms with Gasteiger partial charge in [0.1, 0.15) is 0 Å². The second kappa shape index (κ2) is 6.98. The zero-order chi connectivity index (χ0) is 16.9. The van der Waals surface area contributed by atoms with Crippen molar-refractivity contribution in [1.82, 2.24) is 0 Å². The molecule has 116 valence electrons. The van der Waals surface area contributed by atoms with Crippen LogP contribution in [0, 0.1) is 11.8 Å². The number of carboxylic acid groups (broad SMARTS) is 1. The highest BCUT2D eigenvalue weighted by molar-refractivity contribution is 5.85. The van der Waals surface area contributed by atoms with Crippen LogP contribution in [0.15, 0.2) is 54.6 Å². The van der Waals surface area contributed by atoms with Crippen LogP contribution in [-0.2, 0) is 10.2 Å². The Hall–Kier alpha value is -2.79. The molecule has 0 amide bonds. The second-order valence-corrected chi connectivity index (χ2v) is 6.37. The van der Waals surface area contributed by atoms with E-state index in [-0.39, 0.29) is 5.41 Å². The number of carbonyl (C=O) groups is 1. The lowest BCUT2D eigenvalue weighted by Gasteiger charge is -2.18. The first-order valence-corrected chi connectivity index (χ1v) is 7.48. The Bertz CT molecular complexity index is 779. The van der Waals surface area contributed by atoms with E-state index in [9.17, 15) is 4.79 Å². The van der Waals surface area contributed by atoms with Crippen molar-refractivity contribution in [3.8, 4) is 11.8 Å². The van der Waals surface area contributed by atoms with E-state index >= 15 is 0 Å². The van der Waals surface area contributed by atoms with Gasteiger partial charge in [0, 0.05) is 17.2 Å². The standard InChI is InChI=1S/C21H20O2/c1-21(2,3)19-6-4-5-18(15-19)12-11-16-7-9-17(10-8-16)13-14-20(22)23/h4-10,13-15H,1-3H3,(H,22,23)/b14-13+. The average molecular weight is 304 g/mol. The van der Waals surface area contributed by atoms with Crippen LogP contribution < -0.4 is 0 Å². The van der Waals surface area contributed by atoms with Crippen molar-refractivity contribution in [2.24, 2.45) is 0 Å². The zero-order valence-electron chi connectivity index (χ0n) is 13.6. The molecule has 2 aromatic carbocycles. The summed E-state index contributed by atoms with van der Waals surface area (Å²) >= 11 is 0. The Balaban J connectivity index is 2.18. The van der Waals surface area contributed by atoms with Crippen molar-refractivity contribution < 1.29 is 9.90 Å². The molecule has 0 aliphatic carbocycles. The van der Waals surface area contributed by atoms with Gasteiger partial charge in [0.2, 0.25) is 0 Å². The van der Waals surface area contributed by atoms with Crippen molar-refractivity contribution in [2.45, 2.75) is 26.2 Å². The van der Waals surface area contributed by atoms with Crippen LogP contribution in [0.2, 0.25) is 0 Å². The fraction of sp³-hybridized carbons (Fsp3) is 0.190. The molecule has 0 aliphatic rings. The third-order valence-electron chi connectivity index (χ3n) is 3.41. The SMILES string of the molecule is CC(C)(C)c1cccc(C#Cc2ccc(/C=C/C(=O)O)cc2)c1. The monoisotopic (exact) mass is 304 g/mol. The van der Waals surface area contributed by atoms with Crippen LogP contribution in [0.4, 0.5) is 0 Å². The van der Waals surface area contributed by atoms with Gasteiger partial charge in [0.25, 0.3) is 0 Å². The summed E-state index contributed by atoms with van der Waals surface area (Å²) in [6.07, 6.45) is 2.69. The molecule has 0 radical (unpaired) electrons. The summed E-state index contributed by atoms with van der Waals surface area (Å²) in [5.41, 5.74) is 4.10. The molecule has 2 nitrogen and oxygen atoms in total. The first-order chi connectivity index (χ1) is 10.8. The average Bonchev–Trinajstić information content (AvgIpc) is 2.51. The molecule has 0 saturated carbocycles. The Morgan fingerprint density at radius 3 is 2.26 bits per heavy atom. The molecule has 0 atom stereocenters. The van der Waals surface area contributed by atoms with Crippen LogP contribution in [-0.4, -0.2) is 11.1 Å². The molecule has 0 saturated heterocycles. The fourth-order valence-electron chi connectivity index (χ4n) is 2.05. The summed E-state index contributed by atoms with van der Waals surface area (Å²) in [7, 11) is 0. The quantitative estimate of drug-likeness (QED) is 0.656. The lowest BCUT2D eigenvalue weighted by molar-refractivity contribution is -0.131. The van der Waals surface area contributed by atoms with E-state index in [1.807, 2.05) is 36.4 Å². The minimum absolute atomic E-state index is 0.107. The Morgan fingerprint density at radius 1 is 1.00 bits per heavy atom. The molecule has 0 heterocycles. The molecule has 0 spiro atoms. The molecule has 2 heteroatoms. The van der Waals surface area contributed by atoms with Gasteiger partial charge < -0.3 is 5.11 Å². The Kier molecular flexibility index (Phi) is 5.03. The molecule has 0 aromatic heterocycles. The van der Waals surface area contributed by atoms with E-state index in [0.717, 1.165) is 22.8 Å². The molecule has 0 fully saturated rings. The van der Waals surface area contributed by atoms with Crippen molar-refractivity contribution >= 4 is 12.0 Å². The largest absolute Gasteiger partial charge is 0.478 e. The van der Waals surface area contributed by atoms with Gasteiger partial charge >= 0.3 is 5.97 Å². The van der Waals surface area contributed by atoms with Gasteiger partial charge in [-0.2, -0.15) is 0 Å². The zero-order valence-corrected chi connectivity index (χ0v) is 13.6. The highest BCUT2D eigenvalue weighted by Gasteiger charge is 2.12. The van der Waals surface area contributed by atoms with Gasteiger partial charge in [-0.25, -0.2) is 4.79 Å². The predicted molar refractivity (Wildman–Crippen MR) is 94.2 cm³/mol. The third-order valence-corrected chi connectivity index (χ3v) is 3.41. The van der Waals surface area contributed by atoms with E-state index in [1.54, 1.807) is 6.08 Å². The van der Waals surface area contributed by atoms with Crippen molar-refractivity contribution in [2.75, 3.05) is 0 Å². The van der Waals surface area contributed by atoms with E-state index in [1.165, 1.54) is 5.56 Å². The third kappa shape index (κ3) is 5.16. The minimum Gasteiger partial charge on any atom is -0.478 e. The molecule has 1 N–H and O–H groups in total. The molecule has 23 heavy (non-hydrogen) atoms. The van der Waals surface area contributed by atoms with Crippen LogP contribution >= 0.6 is 0 Å². The molecule has 2 rings (SSSR count). The maximum atomic E-state index is 10.5. The molecule has 0 bridgehead atoms. The summed E-state index contributed by atoms with van der Waals surface area (Å²) in [5.74, 6) is 5.37. The van der Waals surface area contributed by atoms with Crippen LogP contribution in [0.1, 0.15) is 43.0 Å². The lowest BCUT2D eigenvalue weighted by atomic mass is 9.86. The highest BCUT2D eigenvalue weighted by atomic mass is 16.4. The van der Waals surface area contributed by atoms with Gasteiger partial charge in [0.05, 0.1) is 0 Å². The van der Waals surface area contributed by atoms with Gasteiger partial charge in [-0.3, -0.25) is 0 Å². The number of hydrogen-bond acceptors (Lipinski definition) is 1. The van der Waals surface area contributed by atoms with Gasteiger partial charge in [-0.05, 0) is 46.9 Å². The first-order valence-electron chi connectivity index (χ1n) is 7.48. The topological polar surface area (TPSA) is 37.3 Å². The van der Waals surface area contributed by atoms with Gasteiger partial charge in [-0.1, -0.05) is 56.9 Å².